The molecule has 1 saturated heterocycles. The first-order chi connectivity index (χ1) is 20.6. The smallest absolute Gasteiger partial charge is 0.469 e. The highest BCUT2D eigenvalue weighted by molar-refractivity contribution is 5.94. The highest BCUT2D eigenvalue weighted by Crippen LogP contribution is 2.51. The number of amides is 2. The molecule has 1 atom stereocenters. The molecule has 1 aliphatic heterocycles. The van der Waals surface area contributed by atoms with Gasteiger partial charge in [-0.25, -0.2) is 0 Å². The maximum atomic E-state index is 14.1. The van der Waals surface area contributed by atoms with Crippen LogP contribution in [0.25, 0.3) is 0 Å². The van der Waals surface area contributed by atoms with Gasteiger partial charge < -0.3 is 19.7 Å². The number of halogens is 3. The number of nitrogens with one attached hydrogen (secondary N) is 1. The van der Waals surface area contributed by atoms with Crippen molar-refractivity contribution in [1.82, 2.24) is 15.1 Å². The van der Waals surface area contributed by atoms with Gasteiger partial charge in [0.05, 0.1) is 19.2 Å². The standard InChI is InChI=1S/C33H42F3N3O5/c1-31(2,3)25-14-18-32(19-15-25)38(4)28(23-10-12-26(13-11-23)44-33(34,35)36)30(42)39(32)21-17-22-6-8-24(9-7-22)29(41)37-20-16-27(40)43-5/h6-13,25,28H,14-21H2,1-5H3,(H,37,41). The first kappa shape index (κ1) is 33.3. The van der Waals surface area contributed by atoms with Crippen molar-refractivity contribution in [3.8, 4) is 5.75 Å². The number of hydrogen-bond acceptors (Lipinski definition) is 6. The predicted octanol–water partition coefficient (Wildman–Crippen LogP) is 5.87. The zero-order valence-electron chi connectivity index (χ0n) is 26.0. The Hall–Kier alpha value is -3.60. The van der Waals surface area contributed by atoms with Gasteiger partial charge in [-0.2, -0.15) is 0 Å². The van der Waals surface area contributed by atoms with Crippen LogP contribution in [-0.4, -0.2) is 66.9 Å². The van der Waals surface area contributed by atoms with Crippen LogP contribution in [0.2, 0.25) is 0 Å². The van der Waals surface area contributed by atoms with Crippen LogP contribution in [-0.2, 0) is 20.7 Å². The normalized spacial score (nSPS) is 22.7. The van der Waals surface area contributed by atoms with E-state index in [4.69, 9.17) is 0 Å². The second-order valence-corrected chi connectivity index (χ2v) is 12.8. The average molecular weight is 618 g/mol. The molecule has 1 unspecified atom stereocenters. The van der Waals surface area contributed by atoms with Gasteiger partial charge >= 0.3 is 12.3 Å². The lowest BCUT2D eigenvalue weighted by Crippen LogP contribution is -2.56. The highest BCUT2D eigenvalue weighted by Gasteiger charge is 2.56. The number of rotatable bonds is 9. The molecule has 2 fully saturated rings. The first-order valence-electron chi connectivity index (χ1n) is 15.0. The van der Waals surface area contributed by atoms with Crippen molar-refractivity contribution < 1.29 is 37.0 Å². The van der Waals surface area contributed by atoms with Crippen LogP contribution in [0.4, 0.5) is 13.2 Å². The first-order valence-corrected chi connectivity index (χ1v) is 15.0. The Morgan fingerprint density at radius 1 is 1.00 bits per heavy atom. The lowest BCUT2D eigenvalue weighted by atomic mass is 9.69. The molecule has 0 aromatic heterocycles. The number of carbonyl (C=O) groups is 3. The molecule has 44 heavy (non-hydrogen) atoms. The number of alkyl halides is 3. The summed E-state index contributed by atoms with van der Waals surface area (Å²) in [5.74, 6) is -0.578. The van der Waals surface area contributed by atoms with Crippen molar-refractivity contribution in [2.24, 2.45) is 11.3 Å². The number of hydrogen-bond donors (Lipinski definition) is 1. The summed E-state index contributed by atoms with van der Waals surface area (Å²) in [5.41, 5.74) is 1.68. The van der Waals surface area contributed by atoms with Crippen LogP contribution in [0.3, 0.4) is 0 Å². The Morgan fingerprint density at radius 3 is 2.16 bits per heavy atom. The van der Waals surface area contributed by atoms with Crippen LogP contribution in [0.1, 0.15) is 80.4 Å². The molecule has 2 amide bonds. The number of nitrogens with zero attached hydrogens (tertiary/aromatic N) is 2. The third-order valence-corrected chi connectivity index (χ3v) is 9.17. The molecule has 240 valence electrons. The molecule has 11 heteroatoms. The number of methoxy groups -OCH3 is 1. The summed E-state index contributed by atoms with van der Waals surface area (Å²) in [4.78, 5) is 41.9. The van der Waals surface area contributed by atoms with E-state index in [-0.39, 0.29) is 35.9 Å². The fourth-order valence-corrected chi connectivity index (χ4v) is 6.60. The monoisotopic (exact) mass is 617 g/mol. The summed E-state index contributed by atoms with van der Waals surface area (Å²) in [7, 11) is 3.23. The number of esters is 1. The fraction of sp³-hybridized carbons (Fsp3) is 0.545. The maximum absolute atomic E-state index is 14.1. The minimum absolute atomic E-state index is 0.0761. The summed E-state index contributed by atoms with van der Waals surface area (Å²) in [5, 5.41) is 2.70. The van der Waals surface area contributed by atoms with Gasteiger partial charge in [-0.15, -0.1) is 13.2 Å². The van der Waals surface area contributed by atoms with Crippen molar-refractivity contribution in [2.45, 2.75) is 77.4 Å². The molecule has 1 heterocycles. The van der Waals surface area contributed by atoms with Crippen LogP contribution < -0.4 is 10.1 Å². The molecule has 1 N–H and O–H groups in total. The number of benzene rings is 2. The molecule has 2 aromatic carbocycles. The molecular formula is C33H42F3N3O5. The van der Waals surface area contributed by atoms with E-state index in [9.17, 15) is 27.6 Å². The number of ether oxygens (including phenoxy) is 2. The van der Waals surface area contributed by atoms with Gasteiger partial charge in [-0.05, 0) is 85.9 Å². The van der Waals surface area contributed by atoms with E-state index >= 15 is 0 Å². The SMILES string of the molecule is COC(=O)CCNC(=O)c1ccc(CCN2C(=O)C(c3ccc(OC(F)(F)F)cc3)N(C)C23CCC(C(C)(C)C)CC3)cc1. The van der Waals surface area contributed by atoms with Gasteiger partial charge in [-0.3, -0.25) is 19.3 Å². The summed E-state index contributed by atoms with van der Waals surface area (Å²) < 4.78 is 46.8. The van der Waals surface area contributed by atoms with Crippen molar-refractivity contribution in [3.63, 3.8) is 0 Å². The van der Waals surface area contributed by atoms with Crippen LogP contribution in [0, 0.1) is 11.3 Å². The van der Waals surface area contributed by atoms with E-state index in [1.807, 2.05) is 24.1 Å². The quantitative estimate of drug-likeness (QED) is 0.355. The molecule has 2 aliphatic rings. The zero-order valence-corrected chi connectivity index (χ0v) is 26.0. The molecule has 1 spiro atoms. The van der Waals surface area contributed by atoms with Crippen LogP contribution in [0.5, 0.6) is 5.75 Å². The molecule has 4 rings (SSSR count). The van der Waals surface area contributed by atoms with E-state index < -0.39 is 24.0 Å². The minimum atomic E-state index is -4.79. The highest BCUT2D eigenvalue weighted by atomic mass is 19.4. The van der Waals surface area contributed by atoms with Gasteiger partial charge in [0.2, 0.25) is 5.91 Å². The third-order valence-electron chi connectivity index (χ3n) is 9.17. The Labute approximate surface area is 256 Å². The molecule has 1 saturated carbocycles. The molecule has 2 aromatic rings. The predicted molar refractivity (Wildman–Crippen MR) is 159 cm³/mol. The lowest BCUT2D eigenvalue weighted by molar-refractivity contribution is -0.274. The van der Waals surface area contributed by atoms with E-state index in [1.54, 1.807) is 12.1 Å². The average Bonchev–Trinajstić information content (AvgIpc) is 3.16. The van der Waals surface area contributed by atoms with Crippen molar-refractivity contribution >= 4 is 17.8 Å². The fourth-order valence-electron chi connectivity index (χ4n) is 6.60. The Bertz CT molecular complexity index is 1310. The Morgan fingerprint density at radius 2 is 1.61 bits per heavy atom. The second kappa shape index (κ2) is 13.2. The largest absolute Gasteiger partial charge is 0.573 e. The Balaban J connectivity index is 1.51. The zero-order chi connectivity index (χ0) is 32.3. The van der Waals surface area contributed by atoms with E-state index in [0.29, 0.717) is 30.0 Å². The van der Waals surface area contributed by atoms with E-state index in [0.717, 1.165) is 31.2 Å². The lowest BCUT2D eigenvalue weighted by Gasteiger charge is -2.49. The maximum Gasteiger partial charge on any atom is 0.573 e. The van der Waals surface area contributed by atoms with Gasteiger partial charge in [-0.1, -0.05) is 45.0 Å². The van der Waals surface area contributed by atoms with Crippen molar-refractivity contribution in [1.29, 1.82) is 0 Å². The summed E-state index contributed by atoms with van der Waals surface area (Å²) in [6, 6.07) is 12.1. The minimum Gasteiger partial charge on any atom is -0.469 e. The molecule has 0 bridgehead atoms. The van der Waals surface area contributed by atoms with E-state index in [1.165, 1.54) is 31.4 Å². The van der Waals surface area contributed by atoms with Gasteiger partial charge in [0.15, 0.2) is 0 Å². The van der Waals surface area contributed by atoms with Gasteiger partial charge in [0.1, 0.15) is 11.8 Å². The summed E-state index contributed by atoms with van der Waals surface area (Å²) >= 11 is 0. The van der Waals surface area contributed by atoms with Crippen LogP contribution in [0.15, 0.2) is 48.5 Å². The van der Waals surface area contributed by atoms with Crippen molar-refractivity contribution in [2.75, 3.05) is 27.2 Å². The number of likely N-dealkylation sites (N-methyl/N-ethyl adjacent to an activating group) is 1. The van der Waals surface area contributed by atoms with Gasteiger partial charge in [0.25, 0.3) is 5.91 Å². The molecule has 8 nitrogen and oxygen atoms in total. The summed E-state index contributed by atoms with van der Waals surface area (Å²) in [6.07, 6.45) is -0.616. The molecule has 0 radical (unpaired) electrons. The van der Waals surface area contributed by atoms with E-state index in [2.05, 4.69) is 40.5 Å². The topological polar surface area (TPSA) is 88.2 Å². The Kier molecular flexibility index (Phi) is 9.97. The van der Waals surface area contributed by atoms with Crippen molar-refractivity contribution in [3.05, 3.63) is 65.2 Å². The molecular weight excluding hydrogens is 575 g/mol. The van der Waals surface area contributed by atoms with Gasteiger partial charge in [0, 0.05) is 18.7 Å². The second-order valence-electron chi connectivity index (χ2n) is 12.8. The third kappa shape index (κ3) is 7.54. The molecule has 1 aliphatic carbocycles. The summed E-state index contributed by atoms with van der Waals surface area (Å²) in [6.45, 7) is 7.36. The number of carbonyl (C=O) groups excluding carboxylic acids is 3. The van der Waals surface area contributed by atoms with Crippen LogP contribution >= 0.6 is 0 Å².